The monoisotopic (exact) mass is 477 g/mol. The summed E-state index contributed by atoms with van der Waals surface area (Å²) in [5.41, 5.74) is 1.20. The number of benzene rings is 1. The van der Waals surface area contributed by atoms with Crippen LogP contribution in [-0.4, -0.2) is 55.4 Å². The average Bonchev–Trinajstić information content (AvgIpc) is 2.59. The molecule has 0 aliphatic rings. The molecule has 1 amide bonds. The van der Waals surface area contributed by atoms with E-state index >= 15 is 0 Å². The summed E-state index contributed by atoms with van der Waals surface area (Å²) in [5.74, 6) is 0.586. The van der Waals surface area contributed by atoms with Crippen LogP contribution in [0.4, 0.5) is 5.69 Å². The number of unbranched alkanes of at least 4 members (excludes halogenated alkanes) is 1. The minimum absolute atomic E-state index is 0. The molecule has 0 heterocycles. The number of nitro groups is 1. The van der Waals surface area contributed by atoms with Crippen molar-refractivity contribution < 1.29 is 9.72 Å². The second kappa shape index (κ2) is 13.3. The van der Waals surface area contributed by atoms with Crippen molar-refractivity contribution in [3.63, 3.8) is 0 Å². The van der Waals surface area contributed by atoms with Gasteiger partial charge in [0.25, 0.3) is 5.69 Å². The van der Waals surface area contributed by atoms with Crippen molar-refractivity contribution >= 4 is 41.5 Å². The van der Waals surface area contributed by atoms with E-state index in [0.717, 1.165) is 37.9 Å². The van der Waals surface area contributed by atoms with Crippen molar-refractivity contribution in [2.75, 3.05) is 33.7 Å². The number of rotatable bonds is 9. The molecule has 0 unspecified atom stereocenters. The molecular weight excluding hydrogens is 449 g/mol. The number of hydrogen-bond donors (Lipinski definition) is 2. The highest BCUT2D eigenvalue weighted by Gasteiger charge is 2.05. The SMILES string of the molecule is CCNC(=NCC(=O)N(C)C)NCCCCc1ccc([N+](=O)[O-])cc1.I. The minimum atomic E-state index is -0.393. The molecule has 0 aromatic heterocycles. The van der Waals surface area contributed by atoms with Gasteiger partial charge in [-0.3, -0.25) is 14.9 Å². The molecule has 1 rings (SSSR count). The van der Waals surface area contributed by atoms with Crippen LogP contribution in [-0.2, 0) is 11.2 Å². The molecule has 2 N–H and O–H groups in total. The maximum absolute atomic E-state index is 11.6. The quantitative estimate of drug-likeness (QED) is 0.142. The zero-order valence-corrected chi connectivity index (χ0v) is 17.9. The number of hydrogen-bond acceptors (Lipinski definition) is 4. The van der Waals surface area contributed by atoms with Crippen LogP contribution in [0.25, 0.3) is 0 Å². The van der Waals surface area contributed by atoms with Crippen molar-refractivity contribution in [1.82, 2.24) is 15.5 Å². The first-order chi connectivity index (χ1) is 11.9. The number of halogens is 1. The average molecular weight is 477 g/mol. The standard InChI is InChI=1S/C17H27N5O3.HI/c1-4-18-17(20-13-16(23)21(2)3)19-12-6-5-7-14-8-10-15(11-9-14)22(24)25;/h8-11H,4-7,12-13H2,1-3H3,(H2,18,19,20);1H. The van der Waals surface area contributed by atoms with E-state index < -0.39 is 4.92 Å². The number of nitrogens with one attached hydrogen (secondary N) is 2. The Labute approximate surface area is 171 Å². The van der Waals surface area contributed by atoms with Gasteiger partial charge in [-0.05, 0) is 31.7 Å². The molecule has 1 aromatic carbocycles. The highest BCUT2D eigenvalue weighted by atomic mass is 127. The molecular formula is C17H28IN5O3. The molecule has 0 aliphatic heterocycles. The van der Waals surface area contributed by atoms with E-state index in [4.69, 9.17) is 0 Å². The molecule has 146 valence electrons. The molecule has 26 heavy (non-hydrogen) atoms. The first-order valence-corrected chi connectivity index (χ1v) is 8.39. The van der Waals surface area contributed by atoms with Gasteiger partial charge in [0.1, 0.15) is 6.54 Å². The molecule has 0 aliphatic carbocycles. The van der Waals surface area contributed by atoms with Gasteiger partial charge >= 0.3 is 0 Å². The summed E-state index contributed by atoms with van der Waals surface area (Å²) in [6.45, 7) is 3.56. The van der Waals surface area contributed by atoms with E-state index in [1.807, 2.05) is 6.92 Å². The molecule has 0 atom stereocenters. The summed E-state index contributed by atoms with van der Waals surface area (Å²) in [4.78, 5) is 27.6. The zero-order valence-electron chi connectivity index (χ0n) is 15.5. The van der Waals surface area contributed by atoms with E-state index in [1.54, 1.807) is 26.2 Å². The predicted molar refractivity (Wildman–Crippen MR) is 114 cm³/mol. The highest BCUT2D eigenvalue weighted by molar-refractivity contribution is 14.0. The lowest BCUT2D eigenvalue weighted by Crippen LogP contribution is -2.38. The summed E-state index contributed by atoms with van der Waals surface area (Å²) < 4.78 is 0. The Hall–Kier alpha value is -1.91. The number of nitrogens with zero attached hydrogens (tertiary/aromatic N) is 3. The zero-order chi connectivity index (χ0) is 18.7. The lowest BCUT2D eigenvalue weighted by molar-refractivity contribution is -0.384. The third-order valence-electron chi connectivity index (χ3n) is 3.55. The second-order valence-electron chi connectivity index (χ2n) is 5.79. The van der Waals surface area contributed by atoms with Crippen molar-refractivity contribution in [2.45, 2.75) is 26.2 Å². The maximum Gasteiger partial charge on any atom is 0.269 e. The van der Waals surface area contributed by atoms with Crippen LogP contribution in [0.15, 0.2) is 29.3 Å². The van der Waals surface area contributed by atoms with Gasteiger partial charge in [-0.1, -0.05) is 12.1 Å². The molecule has 0 fully saturated rings. The second-order valence-corrected chi connectivity index (χ2v) is 5.79. The largest absolute Gasteiger partial charge is 0.357 e. The number of guanidine groups is 1. The third-order valence-corrected chi connectivity index (χ3v) is 3.55. The summed E-state index contributed by atoms with van der Waals surface area (Å²) in [6, 6.07) is 6.66. The van der Waals surface area contributed by atoms with Crippen molar-refractivity contribution in [3.05, 3.63) is 39.9 Å². The number of non-ortho nitro benzene ring substituents is 1. The van der Waals surface area contributed by atoms with Crippen LogP contribution in [0.3, 0.4) is 0 Å². The lowest BCUT2D eigenvalue weighted by atomic mass is 10.1. The van der Waals surface area contributed by atoms with E-state index in [0.29, 0.717) is 5.96 Å². The number of nitro benzene ring substituents is 1. The van der Waals surface area contributed by atoms with Crippen LogP contribution in [0.5, 0.6) is 0 Å². The number of carbonyl (C=O) groups excluding carboxylic acids is 1. The topological polar surface area (TPSA) is 99.9 Å². The van der Waals surface area contributed by atoms with Crippen molar-refractivity contribution in [2.24, 2.45) is 4.99 Å². The normalized spacial score (nSPS) is 10.7. The van der Waals surface area contributed by atoms with Gasteiger partial charge in [0, 0.05) is 39.3 Å². The Morgan fingerprint density at radius 1 is 1.19 bits per heavy atom. The van der Waals surface area contributed by atoms with Crippen molar-refractivity contribution in [3.8, 4) is 0 Å². The van der Waals surface area contributed by atoms with Gasteiger partial charge in [-0.15, -0.1) is 24.0 Å². The molecule has 0 spiro atoms. The van der Waals surface area contributed by atoms with Gasteiger partial charge < -0.3 is 15.5 Å². The summed E-state index contributed by atoms with van der Waals surface area (Å²) in [5, 5.41) is 16.9. The van der Waals surface area contributed by atoms with Gasteiger partial charge in [0.05, 0.1) is 4.92 Å². The lowest BCUT2D eigenvalue weighted by Gasteiger charge is -2.12. The number of likely N-dealkylation sites (N-methyl/N-ethyl adjacent to an activating group) is 1. The van der Waals surface area contributed by atoms with E-state index in [-0.39, 0.29) is 42.1 Å². The van der Waals surface area contributed by atoms with Crippen LogP contribution in [0.1, 0.15) is 25.3 Å². The van der Waals surface area contributed by atoms with Crippen LogP contribution >= 0.6 is 24.0 Å². The Morgan fingerprint density at radius 3 is 2.38 bits per heavy atom. The fourth-order valence-corrected chi connectivity index (χ4v) is 2.08. The Morgan fingerprint density at radius 2 is 1.85 bits per heavy atom. The Bertz CT molecular complexity index is 591. The number of amides is 1. The third kappa shape index (κ3) is 9.54. The van der Waals surface area contributed by atoms with Crippen LogP contribution in [0, 0.1) is 10.1 Å². The fraction of sp³-hybridized carbons (Fsp3) is 0.529. The molecule has 0 saturated carbocycles. The Kier molecular flexibility index (Phi) is 12.3. The molecule has 8 nitrogen and oxygen atoms in total. The number of carbonyl (C=O) groups is 1. The minimum Gasteiger partial charge on any atom is -0.357 e. The van der Waals surface area contributed by atoms with Gasteiger partial charge in [-0.2, -0.15) is 0 Å². The molecule has 9 heteroatoms. The first-order valence-electron chi connectivity index (χ1n) is 8.39. The summed E-state index contributed by atoms with van der Waals surface area (Å²) in [6.07, 6.45) is 2.76. The summed E-state index contributed by atoms with van der Waals surface area (Å²) in [7, 11) is 3.41. The van der Waals surface area contributed by atoms with E-state index in [9.17, 15) is 14.9 Å². The Balaban J connectivity index is 0.00000625. The highest BCUT2D eigenvalue weighted by Crippen LogP contribution is 2.13. The van der Waals surface area contributed by atoms with Crippen LogP contribution in [0.2, 0.25) is 0 Å². The van der Waals surface area contributed by atoms with Gasteiger partial charge in [0.15, 0.2) is 5.96 Å². The van der Waals surface area contributed by atoms with Crippen LogP contribution < -0.4 is 10.6 Å². The summed E-state index contributed by atoms with van der Waals surface area (Å²) >= 11 is 0. The molecule has 1 aromatic rings. The maximum atomic E-state index is 11.6. The molecule has 0 saturated heterocycles. The predicted octanol–water partition coefficient (Wildman–Crippen LogP) is 2.18. The van der Waals surface area contributed by atoms with Gasteiger partial charge in [0.2, 0.25) is 5.91 Å². The molecule has 0 bridgehead atoms. The van der Waals surface area contributed by atoms with Gasteiger partial charge in [-0.25, -0.2) is 4.99 Å². The molecule has 0 radical (unpaired) electrons. The number of aliphatic imine (C=N–C) groups is 1. The fourth-order valence-electron chi connectivity index (χ4n) is 2.08. The van der Waals surface area contributed by atoms with Crippen molar-refractivity contribution in [1.29, 1.82) is 0 Å². The number of aryl methyl sites for hydroxylation is 1. The first kappa shape index (κ1) is 24.1. The smallest absolute Gasteiger partial charge is 0.269 e. The van der Waals surface area contributed by atoms with E-state index in [1.165, 1.54) is 17.0 Å². The van der Waals surface area contributed by atoms with E-state index in [2.05, 4.69) is 15.6 Å².